The Bertz CT molecular complexity index is 2150. The zero-order valence-corrected chi connectivity index (χ0v) is 31.9. The molecule has 7 rings (SSSR count). The fourth-order valence-electron chi connectivity index (χ4n) is 7.23. The molecule has 0 aliphatic carbocycles. The quantitative estimate of drug-likeness (QED) is 0.154. The molecular weight excluding hydrogens is 715 g/mol. The molecule has 16 heteroatoms. The number of hydrogen-bond acceptors (Lipinski definition) is 12. The number of hydrogen-bond donors (Lipinski definition) is 4. The number of carbonyl (C=O) groups excluding carboxylic acids is 3. The zero-order chi connectivity index (χ0) is 39.2. The second-order valence-electron chi connectivity index (χ2n) is 15.0. The van der Waals surface area contributed by atoms with Crippen molar-refractivity contribution in [2.24, 2.45) is 5.92 Å². The molecule has 2 fully saturated rings. The molecule has 56 heavy (non-hydrogen) atoms. The second kappa shape index (κ2) is 16.6. The third-order valence-corrected chi connectivity index (χ3v) is 9.70. The van der Waals surface area contributed by atoms with Gasteiger partial charge in [-0.15, -0.1) is 5.10 Å². The van der Waals surface area contributed by atoms with Gasteiger partial charge in [0.25, 0.3) is 5.91 Å². The second-order valence-corrected chi connectivity index (χ2v) is 15.0. The molecule has 0 bridgehead atoms. The number of benzene rings is 2. The Kier molecular flexibility index (Phi) is 11.3. The number of piperazine rings is 1. The predicted octanol–water partition coefficient (Wildman–Crippen LogP) is 5.22. The summed E-state index contributed by atoms with van der Waals surface area (Å²) in [6.07, 6.45) is 5.34. The zero-order valence-electron chi connectivity index (χ0n) is 31.9. The fraction of sp³-hybridized carbons (Fsp3) is 0.375. The van der Waals surface area contributed by atoms with Gasteiger partial charge < -0.3 is 35.2 Å². The molecule has 0 spiro atoms. The number of piperidine rings is 1. The summed E-state index contributed by atoms with van der Waals surface area (Å²) in [5.74, 6) is -0.576. The summed E-state index contributed by atoms with van der Waals surface area (Å²) in [5.41, 5.74) is 3.03. The summed E-state index contributed by atoms with van der Waals surface area (Å²) in [7, 11) is 0. The van der Waals surface area contributed by atoms with Gasteiger partial charge in [-0.1, -0.05) is 48.5 Å². The van der Waals surface area contributed by atoms with Crippen LogP contribution in [0.25, 0.3) is 10.9 Å². The van der Waals surface area contributed by atoms with Crippen molar-refractivity contribution in [3.05, 3.63) is 96.7 Å². The van der Waals surface area contributed by atoms with E-state index in [0.717, 1.165) is 42.8 Å². The summed E-state index contributed by atoms with van der Waals surface area (Å²) >= 11 is 0. The van der Waals surface area contributed by atoms with E-state index < -0.39 is 29.7 Å². The lowest BCUT2D eigenvalue weighted by molar-refractivity contribution is 0.0465. The standard InChI is InChI=1S/C40H47N11O5/c1-26-23-50(24-33(36(26)51-19-16-43-48-51)47-39(54)56-40(2,3)4)34-12-13-42-22-32(34)45-37(52)35-31(46-38(53)55-25-27-8-6-5-7-9-27)20-28-10-11-29(21-30(28)44-35)49-17-14-41-15-18-49/h5-13,16,19-22,26,33,36,41H,14-15,17-18,23-25H2,1-4H3,(H,45,52)(H,46,53)(H,47,54)/t26-,33+,36-/m0/s1. The molecule has 5 aromatic rings. The minimum atomic E-state index is -0.726. The Hall–Kier alpha value is -6.29. The summed E-state index contributed by atoms with van der Waals surface area (Å²) in [4.78, 5) is 54.1. The van der Waals surface area contributed by atoms with Crippen molar-refractivity contribution < 1.29 is 23.9 Å². The SMILES string of the molecule is C[C@H]1CN(c2ccncc2NC(=O)c2nc3cc(N4CCNCC4)ccc3cc2NC(=O)OCc2ccccc2)C[C@@H](NC(=O)OC(C)(C)C)[C@H]1n1ccnn1. The number of ether oxygens (including phenoxy) is 2. The molecule has 3 atom stereocenters. The summed E-state index contributed by atoms with van der Waals surface area (Å²) in [6, 6.07) is 18.2. The lowest BCUT2D eigenvalue weighted by atomic mass is 9.89. The molecule has 16 nitrogen and oxygen atoms in total. The van der Waals surface area contributed by atoms with Crippen molar-refractivity contribution >= 4 is 51.7 Å². The van der Waals surface area contributed by atoms with E-state index in [2.05, 4.69) is 53.3 Å². The van der Waals surface area contributed by atoms with Gasteiger partial charge in [0.2, 0.25) is 0 Å². The number of rotatable bonds is 9. The molecule has 5 heterocycles. The normalized spacial score (nSPS) is 18.6. The number of nitrogens with one attached hydrogen (secondary N) is 4. The maximum absolute atomic E-state index is 14.4. The van der Waals surface area contributed by atoms with Crippen LogP contribution in [0.1, 0.15) is 49.8 Å². The highest BCUT2D eigenvalue weighted by Crippen LogP contribution is 2.35. The van der Waals surface area contributed by atoms with Crippen LogP contribution in [0.2, 0.25) is 0 Å². The maximum atomic E-state index is 14.4. The van der Waals surface area contributed by atoms with Gasteiger partial charge in [-0.3, -0.25) is 15.1 Å². The van der Waals surface area contributed by atoms with E-state index in [9.17, 15) is 14.4 Å². The van der Waals surface area contributed by atoms with Crippen LogP contribution < -0.4 is 31.1 Å². The summed E-state index contributed by atoms with van der Waals surface area (Å²) in [6.45, 7) is 11.9. The van der Waals surface area contributed by atoms with Gasteiger partial charge in [-0.05, 0) is 56.5 Å². The number of pyridine rings is 2. The average Bonchev–Trinajstić information content (AvgIpc) is 3.71. The Labute approximate surface area is 325 Å². The van der Waals surface area contributed by atoms with Crippen LogP contribution in [0.5, 0.6) is 0 Å². The summed E-state index contributed by atoms with van der Waals surface area (Å²) in [5, 5.41) is 21.2. The molecule has 0 unspecified atom stereocenters. The van der Waals surface area contributed by atoms with Crippen LogP contribution in [0.3, 0.4) is 0 Å². The molecule has 3 amide bonds. The molecule has 2 aliphatic heterocycles. The van der Waals surface area contributed by atoms with Gasteiger partial charge in [0.15, 0.2) is 5.69 Å². The van der Waals surface area contributed by atoms with E-state index in [-0.39, 0.29) is 29.9 Å². The number of anilines is 4. The minimum Gasteiger partial charge on any atom is -0.444 e. The third kappa shape index (κ3) is 9.14. The Morgan fingerprint density at radius 2 is 1.71 bits per heavy atom. The van der Waals surface area contributed by atoms with Crippen LogP contribution in [0.4, 0.5) is 32.3 Å². The molecular formula is C40H47N11O5. The highest BCUT2D eigenvalue weighted by atomic mass is 16.6. The highest BCUT2D eigenvalue weighted by molar-refractivity contribution is 6.11. The van der Waals surface area contributed by atoms with Gasteiger partial charge in [-0.25, -0.2) is 19.3 Å². The molecule has 3 aromatic heterocycles. The predicted molar refractivity (Wildman–Crippen MR) is 213 cm³/mol. The van der Waals surface area contributed by atoms with E-state index in [1.165, 1.54) is 0 Å². The Balaban J connectivity index is 1.17. The van der Waals surface area contributed by atoms with Gasteiger partial charge in [0.05, 0.1) is 47.1 Å². The number of amides is 3. The smallest absolute Gasteiger partial charge is 0.412 e. The van der Waals surface area contributed by atoms with Crippen LogP contribution in [0, 0.1) is 5.92 Å². The molecule has 2 aromatic carbocycles. The minimum absolute atomic E-state index is 0.00384. The first-order chi connectivity index (χ1) is 27.0. The molecule has 2 aliphatic rings. The lowest BCUT2D eigenvalue weighted by Gasteiger charge is -2.44. The number of fused-ring (bicyclic) bond motifs is 1. The van der Waals surface area contributed by atoms with E-state index in [0.29, 0.717) is 30.0 Å². The first-order valence-electron chi connectivity index (χ1n) is 18.7. The topological polar surface area (TPSA) is 181 Å². The van der Waals surface area contributed by atoms with E-state index >= 15 is 0 Å². The highest BCUT2D eigenvalue weighted by Gasteiger charge is 2.39. The fourth-order valence-corrected chi connectivity index (χ4v) is 7.23. The van der Waals surface area contributed by atoms with Gasteiger partial charge in [0, 0.05) is 62.7 Å². The van der Waals surface area contributed by atoms with Crippen LogP contribution in [-0.2, 0) is 16.1 Å². The van der Waals surface area contributed by atoms with Crippen LogP contribution in [-0.4, -0.2) is 94.0 Å². The monoisotopic (exact) mass is 761 g/mol. The molecule has 0 radical (unpaired) electrons. The maximum Gasteiger partial charge on any atom is 0.412 e. The van der Waals surface area contributed by atoms with Crippen molar-refractivity contribution in [1.29, 1.82) is 0 Å². The molecule has 292 valence electrons. The van der Waals surface area contributed by atoms with Crippen molar-refractivity contribution in [2.75, 3.05) is 59.7 Å². The molecule has 0 saturated carbocycles. The molecule has 4 N–H and O–H groups in total. The van der Waals surface area contributed by atoms with E-state index in [1.54, 1.807) is 35.5 Å². The third-order valence-electron chi connectivity index (χ3n) is 9.70. The first kappa shape index (κ1) is 38.0. The van der Waals surface area contributed by atoms with Crippen molar-refractivity contribution in [2.45, 2.75) is 52.0 Å². The number of alkyl carbamates (subject to hydrolysis) is 1. The number of aromatic nitrogens is 5. The average molecular weight is 762 g/mol. The molecule has 2 saturated heterocycles. The number of carbonyl (C=O) groups is 3. The van der Waals surface area contributed by atoms with Crippen molar-refractivity contribution in [1.82, 2.24) is 35.6 Å². The first-order valence-corrected chi connectivity index (χ1v) is 18.7. The van der Waals surface area contributed by atoms with Crippen molar-refractivity contribution in [3.8, 4) is 0 Å². The van der Waals surface area contributed by atoms with Crippen LogP contribution in [0.15, 0.2) is 85.5 Å². The van der Waals surface area contributed by atoms with Gasteiger partial charge in [0.1, 0.15) is 12.2 Å². The van der Waals surface area contributed by atoms with Gasteiger partial charge >= 0.3 is 12.2 Å². The van der Waals surface area contributed by atoms with E-state index in [1.807, 2.05) is 75.4 Å². The summed E-state index contributed by atoms with van der Waals surface area (Å²) < 4.78 is 12.9. The van der Waals surface area contributed by atoms with Gasteiger partial charge in [-0.2, -0.15) is 0 Å². The largest absolute Gasteiger partial charge is 0.444 e. The van der Waals surface area contributed by atoms with E-state index in [4.69, 9.17) is 14.5 Å². The Morgan fingerprint density at radius 3 is 2.46 bits per heavy atom. The van der Waals surface area contributed by atoms with Crippen molar-refractivity contribution in [3.63, 3.8) is 0 Å². The van der Waals surface area contributed by atoms with Crippen LogP contribution >= 0.6 is 0 Å². The Morgan fingerprint density at radius 1 is 0.911 bits per heavy atom. The lowest BCUT2D eigenvalue weighted by Crippen LogP contribution is -2.57. The number of nitrogens with zero attached hydrogens (tertiary/aromatic N) is 7.